The Labute approximate surface area is 104 Å². The summed E-state index contributed by atoms with van der Waals surface area (Å²) in [5.41, 5.74) is 4.89. The highest BCUT2D eigenvalue weighted by Crippen LogP contribution is 2.25. The largest absolute Gasteiger partial charge is 0.314 e. The fraction of sp³-hybridized carbons (Fsp3) is 0.600. The molecule has 0 aromatic heterocycles. The molecule has 3 rings (SSSR count). The quantitative estimate of drug-likeness (QED) is 0.849. The first-order valence-corrected chi connectivity index (χ1v) is 6.96. The number of piperazine rings is 1. The van der Waals surface area contributed by atoms with Gasteiger partial charge in [-0.2, -0.15) is 0 Å². The monoisotopic (exact) mass is 230 g/mol. The van der Waals surface area contributed by atoms with Crippen LogP contribution in [-0.2, 0) is 19.3 Å². The molecule has 0 atom stereocenters. The molecule has 1 aliphatic heterocycles. The Kier molecular flexibility index (Phi) is 3.44. The summed E-state index contributed by atoms with van der Waals surface area (Å²) >= 11 is 0. The lowest BCUT2D eigenvalue weighted by Crippen LogP contribution is -2.44. The lowest BCUT2D eigenvalue weighted by molar-refractivity contribution is 0.244. The predicted molar refractivity (Wildman–Crippen MR) is 71.5 cm³/mol. The second-order valence-electron chi connectivity index (χ2n) is 5.25. The molecule has 17 heavy (non-hydrogen) atoms. The van der Waals surface area contributed by atoms with E-state index in [9.17, 15) is 0 Å². The number of hydrogen-bond acceptors (Lipinski definition) is 2. The topological polar surface area (TPSA) is 15.3 Å². The van der Waals surface area contributed by atoms with Gasteiger partial charge in [-0.15, -0.1) is 0 Å². The minimum atomic E-state index is 1.16. The molecule has 2 nitrogen and oxygen atoms in total. The number of nitrogens with zero attached hydrogens (tertiary/aromatic N) is 1. The average molecular weight is 230 g/mol. The van der Waals surface area contributed by atoms with E-state index in [1.54, 1.807) is 16.7 Å². The molecular formula is C15H22N2. The van der Waals surface area contributed by atoms with Gasteiger partial charge >= 0.3 is 0 Å². The fourth-order valence-electron chi connectivity index (χ4n) is 3.15. The van der Waals surface area contributed by atoms with Crippen LogP contribution in [0.3, 0.4) is 0 Å². The van der Waals surface area contributed by atoms with Crippen molar-refractivity contribution in [2.24, 2.45) is 0 Å². The van der Waals surface area contributed by atoms with Gasteiger partial charge in [0, 0.05) is 32.7 Å². The first-order chi connectivity index (χ1) is 8.43. The van der Waals surface area contributed by atoms with Gasteiger partial charge in [0.25, 0.3) is 0 Å². The van der Waals surface area contributed by atoms with Crippen molar-refractivity contribution >= 4 is 0 Å². The van der Waals surface area contributed by atoms with E-state index in [1.807, 2.05) is 0 Å². The third-order valence-electron chi connectivity index (χ3n) is 4.15. The summed E-state index contributed by atoms with van der Waals surface area (Å²) in [6.45, 7) is 5.99. The molecule has 2 heteroatoms. The summed E-state index contributed by atoms with van der Waals surface area (Å²) in [6.07, 6.45) is 5.22. The molecular weight excluding hydrogens is 208 g/mol. The van der Waals surface area contributed by atoms with Crippen LogP contribution in [0.4, 0.5) is 0 Å². The number of fused-ring (bicyclic) bond motifs is 1. The molecule has 1 fully saturated rings. The summed E-state index contributed by atoms with van der Waals surface area (Å²) in [5, 5.41) is 3.41. The lowest BCUT2D eigenvalue weighted by Gasteiger charge is -2.27. The maximum atomic E-state index is 3.41. The number of hydrogen-bond donors (Lipinski definition) is 1. The van der Waals surface area contributed by atoms with Crippen LogP contribution in [0.2, 0.25) is 0 Å². The molecule has 0 saturated carbocycles. The molecule has 1 N–H and O–H groups in total. The Balaban J connectivity index is 1.63. The summed E-state index contributed by atoms with van der Waals surface area (Å²) in [6, 6.07) is 6.90. The second kappa shape index (κ2) is 5.19. The SMILES string of the molecule is c1cc2c(c(CCN3CCNCC3)c1)CCC2. The van der Waals surface area contributed by atoms with Gasteiger partial charge in [0.05, 0.1) is 0 Å². The van der Waals surface area contributed by atoms with E-state index in [2.05, 4.69) is 28.4 Å². The van der Waals surface area contributed by atoms with Gasteiger partial charge in [-0.25, -0.2) is 0 Å². The van der Waals surface area contributed by atoms with E-state index >= 15 is 0 Å². The molecule has 0 radical (unpaired) electrons. The van der Waals surface area contributed by atoms with Gasteiger partial charge in [0.1, 0.15) is 0 Å². The van der Waals surface area contributed by atoms with Crippen molar-refractivity contribution < 1.29 is 0 Å². The summed E-state index contributed by atoms with van der Waals surface area (Å²) in [7, 11) is 0. The Bertz CT molecular complexity index is 381. The Morgan fingerprint density at radius 2 is 2.00 bits per heavy atom. The Morgan fingerprint density at radius 1 is 1.12 bits per heavy atom. The second-order valence-corrected chi connectivity index (χ2v) is 5.25. The van der Waals surface area contributed by atoms with Crippen molar-refractivity contribution in [3.05, 3.63) is 34.9 Å². The highest BCUT2D eigenvalue weighted by atomic mass is 15.2. The van der Waals surface area contributed by atoms with E-state index in [1.165, 1.54) is 45.3 Å². The van der Waals surface area contributed by atoms with E-state index < -0.39 is 0 Å². The maximum absolute atomic E-state index is 3.41. The molecule has 2 aliphatic rings. The summed E-state index contributed by atoms with van der Waals surface area (Å²) in [5.74, 6) is 0. The number of nitrogens with one attached hydrogen (secondary N) is 1. The van der Waals surface area contributed by atoms with Crippen molar-refractivity contribution in [1.29, 1.82) is 0 Å². The molecule has 1 heterocycles. The van der Waals surface area contributed by atoms with Gasteiger partial charge in [0.2, 0.25) is 0 Å². The third-order valence-corrected chi connectivity index (χ3v) is 4.15. The van der Waals surface area contributed by atoms with Crippen LogP contribution in [0.1, 0.15) is 23.1 Å². The van der Waals surface area contributed by atoms with Gasteiger partial charge in [-0.05, 0) is 42.4 Å². The van der Waals surface area contributed by atoms with E-state index in [0.717, 1.165) is 13.1 Å². The van der Waals surface area contributed by atoms with E-state index in [4.69, 9.17) is 0 Å². The molecule has 0 unspecified atom stereocenters. The van der Waals surface area contributed by atoms with Crippen molar-refractivity contribution in [3.63, 3.8) is 0 Å². The van der Waals surface area contributed by atoms with Gasteiger partial charge < -0.3 is 10.2 Å². The minimum absolute atomic E-state index is 1.16. The standard InChI is InChI=1S/C15H22N2/c1-3-13-5-2-6-15(13)14(4-1)7-10-17-11-8-16-9-12-17/h1,3-4,16H,2,5-12H2. The highest BCUT2D eigenvalue weighted by molar-refractivity contribution is 5.38. The van der Waals surface area contributed by atoms with Crippen LogP contribution >= 0.6 is 0 Å². The Hall–Kier alpha value is -0.860. The minimum Gasteiger partial charge on any atom is -0.314 e. The zero-order valence-electron chi connectivity index (χ0n) is 10.5. The number of benzene rings is 1. The van der Waals surface area contributed by atoms with Crippen LogP contribution in [0.5, 0.6) is 0 Å². The maximum Gasteiger partial charge on any atom is 0.0108 e. The zero-order valence-corrected chi connectivity index (χ0v) is 10.5. The van der Waals surface area contributed by atoms with Crippen molar-refractivity contribution in [1.82, 2.24) is 10.2 Å². The fourth-order valence-corrected chi connectivity index (χ4v) is 3.15. The van der Waals surface area contributed by atoms with Crippen LogP contribution in [0.15, 0.2) is 18.2 Å². The van der Waals surface area contributed by atoms with Crippen LogP contribution in [-0.4, -0.2) is 37.6 Å². The molecule has 1 aliphatic carbocycles. The first-order valence-electron chi connectivity index (χ1n) is 6.96. The molecule has 92 valence electrons. The van der Waals surface area contributed by atoms with Crippen molar-refractivity contribution in [2.45, 2.75) is 25.7 Å². The molecule has 0 bridgehead atoms. The lowest BCUT2D eigenvalue weighted by atomic mass is 10.0. The van der Waals surface area contributed by atoms with Crippen LogP contribution in [0, 0.1) is 0 Å². The van der Waals surface area contributed by atoms with Crippen LogP contribution in [0.25, 0.3) is 0 Å². The predicted octanol–water partition coefficient (Wildman–Crippen LogP) is 1.62. The van der Waals surface area contributed by atoms with Crippen LogP contribution < -0.4 is 5.32 Å². The van der Waals surface area contributed by atoms with E-state index in [0.29, 0.717) is 0 Å². The van der Waals surface area contributed by atoms with Crippen molar-refractivity contribution in [2.75, 3.05) is 32.7 Å². The Morgan fingerprint density at radius 3 is 2.88 bits per heavy atom. The van der Waals surface area contributed by atoms with Gasteiger partial charge in [-0.3, -0.25) is 0 Å². The number of rotatable bonds is 3. The smallest absolute Gasteiger partial charge is 0.0108 e. The molecule has 1 aromatic carbocycles. The van der Waals surface area contributed by atoms with Gasteiger partial charge in [0.15, 0.2) is 0 Å². The summed E-state index contributed by atoms with van der Waals surface area (Å²) in [4.78, 5) is 2.59. The normalized spacial score (nSPS) is 20.5. The average Bonchev–Trinajstić information content (AvgIpc) is 2.86. The zero-order chi connectivity index (χ0) is 11.5. The first kappa shape index (κ1) is 11.2. The molecule has 1 aromatic rings. The number of aryl methyl sites for hydroxylation is 1. The summed E-state index contributed by atoms with van der Waals surface area (Å²) < 4.78 is 0. The van der Waals surface area contributed by atoms with E-state index in [-0.39, 0.29) is 0 Å². The van der Waals surface area contributed by atoms with Crippen molar-refractivity contribution in [3.8, 4) is 0 Å². The highest BCUT2D eigenvalue weighted by Gasteiger charge is 2.15. The van der Waals surface area contributed by atoms with Gasteiger partial charge in [-0.1, -0.05) is 18.2 Å². The third kappa shape index (κ3) is 2.53. The molecule has 0 amide bonds. The molecule has 0 spiro atoms. The molecule has 1 saturated heterocycles.